The van der Waals surface area contributed by atoms with Gasteiger partial charge in [0, 0.05) is 17.8 Å². The molecule has 0 saturated heterocycles. The molecule has 0 saturated carbocycles. The minimum atomic E-state index is -0.590. The predicted octanol–water partition coefficient (Wildman–Crippen LogP) is 1.40. The van der Waals surface area contributed by atoms with Crippen molar-refractivity contribution in [1.82, 2.24) is 10.3 Å². The maximum absolute atomic E-state index is 11.9. The SMILES string of the molecule is Cc1cnc(CNC(=O)c2cc([N+](=O)[O-])ccc2N)o1. The summed E-state index contributed by atoms with van der Waals surface area (Å²) in [5.74, 6) is 0.450. The zero-order valence-electron chi connectivity index (χ0n) is 10.6. The molecule has 0 radical (unpaired) electrons. The van der Waals surface area contributed by atoms with E-state index in [9.17, 15) is 14.9 Å². The van der Waals surface area contributed by atoms with Gasteiger partial charge in [0.15, 0.2) is 0 Å². The third kappa shape index (κ3) is 2.91. The normalized spacial score (nSPS) is 10.2. The standard InChI is InChI=1S/C12H12N4O4/c1-7-5-14-11(20-7)6-15-12(17)9-4-8(16(18)19)2-3-10(9)13/h2-5H,6,13H2,1H3,(H,15,17). The first kappa shape index (κ1) is 13.5. The van der Waals surface area contributed by atoms with E-state index in [0.717, 1.165) is 6.07 Å². The Bertz CT molecular complexity index is 665. The lowest BCUT2D eigenvalue weighted by Crippen LogP contribution is -2.24. The number of non-ortho nitro benzene ring substituents is 1. The summed E-state index contributed by atoms with van der Waals surface area (Å²) in [4.78, 5) is 26.0. The van der Waals surface area contributed by atoms with Gasteiger partial charge in [-0.2, -0.15) is 0 Å². The van der Waals surface area contributed by atoms with Crippen LogP contribution in [0, 0.1) is 17.0 Å². The van der Waals surface area contributed by atoms with Crippen LogP contribution in [0.1, 0.15) is 22.0 Å². The number of aryl methyl sites for hydroxylation is 1. The van der Waals surface area contributed by atoms with Gasteiger partial charge in [0.05, 0.1) is 23.2 Å². The van der Waals surface area contributed by atoms with E-state index in [4.69, 9.17) is 10.2 Å². The minimum absolute atomic E-state index is 0.0440. The lowest BCUT2D eigenvalue weighted by molar-refractivity contribution is -0.384. The molecule has 0 spiro atoms. The van der Waals surface area contributed by atoms with Crippen LogP contribution in [0.2, 0.25) is 0 Å². The number of anilines is 1. The van der Waals surface area contributed by atoms with E-state index in [-0.39, 0.29) is 23.5 Å². The zero-order chi connectivity index (χ0) is 14.7. The molecule has 0 aliphatic rings. The minimum Gasteiger partial charge on any atom is -0.444 e. The number of nitrogen functional groups attached to an aromatic ring is 1. The molecule has 2 aromatic rings. The van der Waals surface area contributed by atoms with Crippen LogP contribution in [0.15, 0.2) is 28.8 Å². The second-order valence-electron chi connectivity index (χ2n) is 4.08. The molecule has 0 bridgehead atoms. The van der Waals surface area contributed by atoms with E-state index >= 15 is 0 Å². The van der Waals surface area contributed by atoms with E-state index in [2.05, 4.69) is 10.3 Å². The van der Waals surface area contributed by atoms with Crippen LogP contribution in [-0.2, 0) is 6.54 Å². The van der Waals surface area contributed by atoms with Gasteiger partial charge >= 0.3 is 0 Å². The van der Waals surface area contributed by atoms with Crippen molar-refractivity contribution < 1.29 is 14.1 Å². The van der Waals surface area contributed by atoms with Crippen molar-refractivity contribution in [2.75, 3.05) is 5.73 Å². The monoisotopic (exact) mass is 276 g/mol. The average Bonchev–Trinajstić information content (AvgIpc) is 2.82. The number of hydrogen-bond donors (Lipinski definition) is 2. The fraction of sp³-hybridized carbons (Fsp3) is 0.167. The number of nitro benzene ring substituents is 1. The van der Waals surface area contributed by atoms with E-state index < -0.39 is 10.8 Å². The number of amides is 1. The predicted molar refractivity (Wildman–Crippen MR) is 69.9 cm³/mol. The Hall–Kier alpha value is -2.90. The summed E-state index contributed by atoms with van der Waals surface area (Å²) < 4.78 is 5.20. The fourth-order valence-corrected chi connectivity index (χ4v) is 1.59. The van der Waals surface area contributed by atoms with E-state index in [1.165, 1.54) is 18.3 Å². The van der Waals surface area contributed by atoms with Crippen molar-refractivity contribution in [2.45, 2.75) is 13.5 Å². The highest BCUT2D eigenvalue weighted by atomic mass is 16.6. The van der Waals surface area contributed by atoms with Gasteiger partial charge in [-0.25, -0.2) is 4.98 Å². The Labute approximate surface area is 113 Å². The van der Waals surface area contributed by atoms with Crippen LogP contribution in [0.25, 0.3) is 0 Å². The Morgan fingerprint density at radius 1 is 1.55 bits per heavy atom. The molecule has 1 amide bonds. The number of hydrogen-bond acceptors (Lipinski definition) is 6. The first-order chi connectivity index (χ1) is 9.47. The summed E-state index contributed by atoms with van der Waals surface area (Å²) in [6.45, 7) is 1.81. The molecular weight excluding hydrogens is 264 g/mol. The van der Waals surface area contributed by atoms with E-state index in [1.54, 1.807) is 6.92 Å². The van der Waals surface area contributed by atoms with Crippen molar-refractivity contribution in [3.8, 4) is 0 Å². The highest BCUT2D eigenvalue weighted by Gasteiger charge is 2.15. The number of carbonyl (C=O) groups is 1. The number of oxazole rings is 1. The lowest BCUT2D eigenvalue weighted by Gasteiger charge is -2.05. The van der Waals surface area contributed by atoms with Crippen LogP contribution in [-0.4, -0.2) is 15.8 Å². The van der Waals surface area contributed by atoms with Gasteiger partial charge in [-0.05, 0) is 13.0 Å². The molecule has 0 fully saturated rings. The van der Waals surface area contributed by atoms with Crippen molar-refractivity contribution >= 4 is 17.3 Å². The molecule has 1 aromatic carbocycles. The van der Waals surface area contributed by atoms with Crippen LogP contribution in [0.4, 0.5) is 11.4 Å². The number of rotatable bonds is 4. The van der Waals surface area contributed by atoms with Crippen LogP contribution in [0.5, 0.6) is 0 Å². The highest BCUT2D eigenvalue weighted by Crippen LogP contribution is 2.19. The summed E-state index contributed by atoms with van der Waals surface area (Å²) in [5.41, 5.74) is 5.65. The average molecular weight is 276 g/mol. The van der Waals surface area contributed by atoms with Gasteiger partial charge < -0.3 is 15.5 Å². The second-order valence-corrected chi connectivity index (χ2v) is 4.08. The molecule has 0 aliphatic heterocycles. The Balaban J connectivity index is 2.12. The van der Waals surface area contributed by atoms with Gasteiger partial charge in [-0.3, -0.25) is 14.9 Å². The number of nitrogens with one attached hydrogen (secondary N) is 1. The second kappa shape index (κ2) is 5.39. The summed E-state index contributed by atoms with van der Waals surface area (Å²) in [6, 6.07) is 3.69. The lowest BCUT2D eigenvalue weighted by atomic mass is 10.1. The first-order valence-corrected chi connectivity index (χ1v) is 5.71. The third-order valence-electron chi connectivity index (χ3n) is 2.56. The zero-order valence-corrected chi connectivity index (χ0v) is 10.6. The fourth-order valence-electron chi connectivity index (χ4n) is 1.59. The topological polar surface area (TPSA) is 124 Å². The summed E-state index contributed by atoms with van der Waals surface area (Å²) in [7, 11) is 0. The van der Waals surface area contributed by atoms with Gasteiger partial charge in [0.25, 0.3) is 11.6 Å². The van der Waals surface area contributed by atoms with Crippen LogP contribution in [0.3, 0.4) is 0 Å². The maximum Gasteiger partial charge on any atom is 0.270 e. The van der Waals surface area contributed by atoms with Crippen molar-refractivity contribution in [3.05, 3.63) is 51.7 Å². The summed E-state index contributed by atoms with van der Waals surface area (Å²) in [5, 5.41) is 13.2. The molecule has 2 rings (SSSR count). The first-order valence-electron chi connectivity index (χ1n) is 5.71. The Morgan fingerprint density at radius 3 is 2.90 bits per heavy atom. The van der Waals surface area contributed by atoms with Crippen molar-refractivity contribution in [2.24, 2.45) is 0 Å². The number of nitrogens with two attached hydrogens (primary N) is 1. The molecule has 20 heavy (non-hydrogen) atoms. The van der Waals surface area contributed by atoms with Crippen molar-refractivity contribution in [3.63, 3.8) is 0 Å². The molecular formula is C12H12N4O4. The summed E-state index contributed by atoms with van der Waals surface area (Å²) >= 11 is 0. The van der Waals surface area contributed by atoms with Crippen molar-refractivity contribution in [1.29, 1.82) is 0 Å². The quantitative estimate of drug-likeness (QED) is 0.494. The molecule has 0 atom stereocenters. The van der Waals surface area contributed by atoms with Crippen LogP contribution < -0.4 is 11.1 Å². The smallest absolute Gasteiger partial charge is 0.270 e. The van der Waals surface area contributed by atoms with Gasteiger partial charge in [0.2, 0.25) is 5.89 Å². The molecule has 8 nitrogen and oxygen atoms in total. The van der Waals surface area contributed by atoms with E-state index in [1.807, 2.05) is 0 Å². The Morgan fingerprint density at radius 2 is 2.30 bits per heavy atom. The number of nitro groups is 1. The van der Waals surface area contributed by atoms with Gasteiger partial charge in [-0.15, -0.1) is 0 Å². The van der Waals surface area contributed by atoms with Gasteiger partial charge in [0.1, 0.15) is 5.76 Å². The molecule has 0 aliphatic carbocycles. The molecule has 1 heterocycles. The number of carbonyl (C=O) groups excluding carboxylic acids is 1. The number of aromatic nitrogens is 1. The third-order valence-corrected chi connectivity index (χ3v) is 2.56. The molecule has 8 heteroatoms. The molecule has 0 unspecified atom stereocenters. The number of benzene rings is 1. The summed E-state index contributed by atoms with van der Waals surface area (Å²) in [6.07, 6.45) is 1.53. The highest BCUT2D eigenvalue weighted by molar-refractivity contribution is 5.99. The molecule has 104 valence electrons. The maximum atomic E-state index is 11.9. The van der Waals surface area contributed by atoms with Gasteiger partial charge in [-0.1, -0.05) is 0 Å². The van der Waals surface area contributed by atoms with Crippen LogP contribution >= 0.6 is 0 Å². The molecule has 3 N–H and O–H groups in total. The Kier molecular flexibility index (Phi) is 3.65. The van der Waals surface area contributed by atoms with E-state index in [0.29, 0.717) is 11.7 Å². The molecule has 1 aromatic heterocycles. The number of nitrogens with zero attached hydrogens (tertiary/aromatic N) is 2. The largest absolute Gasteiger partial charge is 0.444 e.